The predicted octanol–water partition coefficient (Wildman–Crippen LogP) is 4.71. The number of hydrogen-bond acceptors (Lipinski definition) is 5. The average molecular weight is 409 g/mol. The first kappa shape index (κ1) is 17.2. The topological polar surface area (TPSA) is 44.8 Å². The van der Waals surface area contributed by atoms with Gasteiger partial charge in [0.1, 0.15) is 6.61 Å². The van der Waals surface area contributed by atoms with Crippen LogP contribution in [0.2, 0.25) is 0 Å². The van der Waals surface area contributed by atoms with Gasteiger partial charge in [0.2, 0.25) is 6.79 Å². The van der Waals surface area contributed by atoms with Crippen LogP contribution in [0.5, 0.6) is 11.5 Å². The molecule has 0 saturated heterocycles. The number of benzene rings is 2. The van der Waals surface area contributed by atoms with E-state index >= 15 is 0 Å². The molecule has 0 aliphatic carbocycles. The third-order valence-electron chi connectivity index (χ3n) is 3.53. The van der Waals surface area contributed by atoms with Gasteiger partial charge in [0.25, 0.3) is 0 Å². The van der Waals surface area contributed by atoms with E-state index in [4.69, 9.17) is 14.2 Å². The zero-order chi connectivity index (χ0) is 16.9. The Labute approximate surface area is 153 Å². The van der Waals surface area contributed by atoms with E-state index in [1.165, 1.54) is 5.56 Å². The van der Waals surface area contributed by atoms with Crippen LogP contribution in [0.3, 0.4) is 0 Å². The maximum atomic E-state index is 11.9. The van der Waals surface area contributed by atoms with E-state index < -0.39 is 0 Å². The Kier molecular flexibility index (Phi) is 5.68. The summed E-state index contributed by atoms with van der Waals surface area (Å²) in [6.45, 7) is 2.49. The Morgan fingerprint density at radius 3 is 2.67 bits per heavy atom. The molecule has 0 bridgehead atoms. The Morgan fingerprint density at radius 2 is 1.92 bits per heavy atom. The van der Waals surface area contributed by atoms with Crippen LogP contribution in [-0.4, -0.2) is 18.5 Å². The van der Waals surface area contributed by atoms with Gasteiger partial charge in [-0.05, 0) is 31.2 Å². The van der Waals surface area contributed by atoms with E-state index in [9.17, 15) is 4.79 Å². The SMILES string of the molecule is Cc1ccc(SCCC(=O)OCc2cc3c(cc2Br)OCO3)cc1. The minimum atomic E-state index is -0.209. The van der Waals surface area contributed by atoms with Gasteiger partial charge in [-0.25, -0.2) is 0 Å². The first-order valence-electron chi connectivity index (χ1n) is 7.55. The molecule has 6 heteroatoms. The standard InChI is InChI=1S/C18H17BrO4S/c1-12-2-4-14(5-3-12)24-7-6-18(20)21-10-13-8-16-17(9-15(13)19)23-11-22-16/h2-5,8-9H,6-7,10-11H2,1H3. The van der Waals surface area contributed by atoms with Gasteiger partial charge in [-0.2, -0.15) is 0 Å². The highest BCUT2D eigenvalue weighted by atomic mass is 79.9. The molecular weight excluding hydrogens is 392 g/mol. The van der Waals surface area contributed by atoms with Crippen LogP contribution in [0, 0.1) is 6.92 Å². The molecule has 1 aliphatic rings. The lowest BCUT2D eigenvalue weighted by Gasteiger charge is -2.08. The molecule has 2 aromatic carbocycles. The van der Waals surface area contributed by atoms with Gasteiger partial charge in [0.05, 0.1) is 6.42 Å². The van der Waals surface area contributed by atoms with Crippen molar-refractivity contribution >= 4 is 33.7 Å². The molecule has 1 heterocycles. The molecule has 0 atom stereocenters. The Morgan fingerprint density at radius 1 is 1.21 bits per heavy atom. The maximum absolute atomic E-state index is 11.9. The lowest BCUT2D eigenvalue weighted by molar-refractivity contribution is -0.144. The second kappa shape index (κ2) is 7.94. The van der Waals surface area contributed by atoms with Crippen LogP contribution in [0.15, 0.2) is 45.8 Å². The average Bonchev–Trinajstić information content (AvgIpc) is 3.01. The summed E-state index contributed by atoms with van der Waals surface area (Å²) in [4.78, 5) is 13.1. The molecule has 0 saturated carbocycles. The summed E-state index contributed by atoms with van der Waals surface area (Å²) in [5.74, 6) is 1.87. The van der Waals surface area contributed by atoms with Gasteiger partial charge in [0.15, 0.2) is 11.5 Å². The predicted molar refractivity (Wildman–Crippen MR) is 96.6 cm³/mol. The molecule has 3 rings (SSSR count). The summed E-state index contributed by atoms with van der Waals surface area (Å²) in [7, 11) is 0. The van der Waals surface area contributed by atoms with Crippen LogP contribution in [0.25, 0.3) is 0 Å². The molecule has 4 nitrogen and oxygen atoms in total. The van der Waals surface area contributed by atoms with Gasteiger partial charge in [0, 0.05) is 20.7 Å². The monoisotopic (exact) mass is 408 g/mol. The zero-order valence-corrected chi connectivity index (χ0v) is 15.6. The van der Waals surface area contributed by atoms with Crippen molar-refractivity contribution in [2.45, 2.75) is 24.8 Å². The van der Waals surface area contributed by atoms with E-state index in [2.05, 4.69) is 47.1 Å². The van der Waals surface area contributed by atoms with E-state index in [1.807, 2.05) is 12.1 Å². The summed E-state index contributed by atoms with van der Waals surface area (Å²) in [6, 6.07) is 11.9. The first-order valence-corrected chi connectivity index (χ1v) is 9.33. The number of ether oxygens (including phenoxy) is 3. The molecule has 0 N–H and O–H groups in total. The highest BCUT2D eigenvalue weighted by Gasteiger charge is 2.17. The molecule has 0 fully saturated rings. The highest BCUT2D eigenvalue weighted by molar-refractivity contribution is 9.10. The van der Waals surface area contributed by atoms with Crippen LogP contribution in [-0.2, 0) is 16.1 Å². The summed E-state index contributed by atoms with van der Waals surface area (Å²) >= 11 is 5.11. The fourth-order valence-electron chi connectivity index (χ4n) is 2.19. The number of esters is 1. The lowest BCUT2D eigenvalue weighted by atomic mass is 10.2. The highest BCUT2D eigenvalue weighted by Crippen LogP contribution is 2.37. The van der Waals surface area contributed by atoms with E-state index in [0.717, 1.165) is 14.9 Å². The van der Waals surface area contributed by atoms with Crippen molar-refractivity contribution in [2.24, 2.45) is 0 Å². The van der Waals surface area contributed by atoms with Crippen molar-refractivity contribution in [1.82, 2.24) is 0 Å². The number of carbonyl (C=O) groups excluding carboxylic acids is 1. The van der Waals surface area contributed by atoms with Crippen LogP contribution in [0.4, 0.5) is 0 Å². The normalized spacial score (nSPS) is 12.2. The Balaban J connectivity index is 1.45. The molecule has 0 spiro atoms. The van der Waals surface area contributed by atoms with E-state index in [-0.39, 0.29) is 19.4 Å². The summed E-state index contributed by atoms with van der Waals surface area (Å²) in [5, 5.41) is 0. The second-order valence-corrected chi connectivity index (χ2v) is 7.39. The summed E-state index contributed by atoms with van der Waals surface area (Å²) < 4.78 is 16.8. The summed E-state index contributed by atoms with van der Waals surface area (Å²) in [5.41, 5.74) is 2.09. The molecule has 0 radical (unpaired) electrons. The Bertz CT molecular complexity index is 731. The van der Waals surface area contributed by atoms with Crippen molar-refractivity contribution in [2.75, 3.05) is 12.5 Å². The third kappa shape index (κ3) is 4.45. The van der Waals surface area contributed by atoms with Crippen molar-refractivity contribution in [3.63, 3.8) is 0 Å². The smallest absolute Gasteiger partial charge is 0.306 e. The summed E-state index contributed by atoms with van der Waals surface area (Å²) in [6.07, 6.45) is 0.376. The number of aryl methyl sites for hydroxylation is 1. The first-order chi connectivity index (χ1) is 11.6. The quantitative estimate of drug-likeness (QED) is 0.511. The van der Waals surface area contributed by atoms with Gasteiger partial charge >= 0.3 is 5.97 Å². The lowest BCUT2D eigenvalue weighted by Crippen LogP contribution is -2.06. The van der Waals surface area contributed by atoms with Crippen molar-refractivity contribution in [3.8, 4) is 11.5 Å². The number of rotatable bonds is 6. The van der Waals surface area contributed by atoms with Gasteiger partial charge in [-0.1, -0.05) is 33.6 Å². The van der Waals surface area contributed by atoms with E-state index in [1.54, 1.807) is 11.8 Å². The van der Waals surface area contributed by atoms with Crippen LogP contribution >= 0.6 is 27.7 Å². The fourth-order valence-corrected chi connectivity index (χ4v) is 3.46. The number of thioether (sulfide) groups is 1. The number of fused-ring (bicyclic) bond motifs is 1. The molecule has 0 amide bonds. The third-order valence-corrected chi connectivity index (χ3v) is 5.28. The molecule has 1 aliphatic heterocycles. The van der Waals surface area contributed by atoms with Crippen LogP contribution < -0.4 is 9.47 Å². The molecule has 0 unspecified atom stereocenters. The zero-order valence-electron chi connectivity index (χ0n) is 13.2. The van der Waals surface area contributed by atoms with Crippen LogP contribution in [0.1, 0.15) is 17.5 Å². The maximum Gasteiger partial charge on any atom is 0.306 e. The number of carbonyl (C=O) groups is 1. The Hall–Kier alpha value is -1.66. The van der Waals surface area contributed by atoms with Gasteiger partial charge in [-0.3, -0.25) is 4.79 Å². The fraction of sp³-hybridized carbons (Fsp3) is 0.278. The largest absolute Gasteiger partial charge is 0.461 e. The molecule has 126 valence electrons. The van der Waals surface area contributed by atoms with Crippen molar-refractivity contribution in [1.29, 1.82) is 0 Å². The molecule has 0 aromatic heterocycles. The number of hydrogen-bond donors (Lipinski definition) is 0. The van der Waals surface area contributed by atoms with Gasteiger partial charge in [-0.15, -0.1) is 11.8 Å². The molecule has 24 heavy (non-hydrogen) atoms. The van der Waals surface area contributed by atoms with E-state index in [0.29, 0.717) is 23.7 Å². The number of halogens is 1. The van der Waals surface area contributed by atoms with Gasteiger partial charge < -0.3 is 14.2 Å². The second-order valence-electron chi connectivity index (χ2n) is 5.37. The van der Waals surface area contributed by atoms with Crippen molar-refractivity contribution in [3.05, 3.63) is 52.0 Å². The minimum absolute atomic E-state index is 0.209. The minimum Gasteiger partial charge on any atom is -0.461 e. The van der Waals surface area contributed by atoms with Crippen molar-refractivity contribution < 1.29 is 19.0 Å². The molecular formula is C18H17BrO4S. The molecule has 2 aromatic rings.